The number of aliphatic hydroxyl groups is 1. The molecule has 1 aromatic rings. The Morgan fingerprint density at radius 2 is 1.97 bits per heavy atom. The molecule has 2 amide bonds. The van der Waals surface area contributed by atoms with E-state index in [-0.39, 0.29) is 5.56 Å². The molecule has 1 saturated carbocycles. The molecule has 29 heavy (non-hydrogen) atoms. The summed E-state index contributed by atoms with van der Waals surface area (Å²) in [5.74, 6) is 9.76. The largest absolute Gasteiger partial charge is 0.381 e. The highest BCUT2D eigenvalue weighted by atomic mass is 19.3. The molecule has 2 unspecified atom stereocenters. The first-order valence-corrected chi connectivity index (χ1v) is 8.77. The van der Waals surface area contributed by atoms with Crippen LogP contribution in [-0.4, -0.2) is 46.7 Å². The van der Waals surface area contributed by atoms with Crippen LogP contribution in [0.2, 0.25) is 0 Å². The van der Waals surface area contributed by atoms with Crippen molar-refractivity contribution in [2.75, 3.05) is 6.54 Å². The van der Waals surface area contributed by atoms with Gasteiger partial charge in [0.25, 0.3) is 18.2 Å². The lowest BCUT2D eigenvalue weighted by Gasteiger charge is -2.30. The third-order valence-electron chi connectivity index (χ3n) is 4.57. The summed E-state index contributed by atoms with van der Waals surface area (Å²) in [4.78, 5) is 23.9. The molecule has 1 fully saturated rings. The Hall–Kier alpha value is -2.98. The van der Waals surface area contributed by atoms with Crippen LogP contribution in [0, 0.1) is 35.5 Å². The summed E-state index contributed by atoms with van der Waals surface area (Å²) in [5.41, 5.74) is 4.41. The molecule has 0 aliphatic heterocycles. The van der Waals surface area contributed by atoms with Gasteiger partial charge in [-0.1, -0.05) is 11.8 Å². The van der Waals surface area contributed by atoms with Gasteiger partial charge in [0.2, 0.25) is 0 Å². The number of hydrogen-bond donors (Lipinski definition) is 5. The third-order valence-corrected chi connectivity index (χ3v) is 4.57. The Bertz CT molecular complexity index is 879. The van der Waals surface area contributed by atoms with Crippen LogP contribution in [0.4, 0.5) is 8.78 Å². The van der Waals surface area contributed by atoms with Crippen molar-refractivity contribution < 1.29 is 28.7 Å². The van der Waals surface area contributed by atoms with Gasteiger partial charge in [0, 0.05) is 17.0 Å². The molecule has 154 valence electrons. The number of nitrogens with two attached hydrogens (primary N) is 1. The fraction of sp³-hybridized carbons (Fsp3) is 0.400. The topological polar surface area (TPSA) is 125 Å². The number of nitrogens with one attached hydrogen (secondary N) is 2. The number of halogens is 2. The van der Waals surface area contributed by atoms with Crippen molar-refractivity contribution in [1.29, 1.82) is 0 Å². The van der Waals surface area contributed by atoms with Crippen LogP contribution in [0.25, 0.3) is 0 Å². The lowest BCUT2D eigenvalue weighted by Crippen LogP contribution is -2.61. The van der Waals surface area contributed by atoms with Crippen molar-refractivity contribution >= 4 is 11.8 Å². The Morgan fingerprint density at radius 1 is 1.31 bits per heavy atom. The normalized spacial score (nSPS) is 20.2. The van der Waals surface area contributed by atoms with Gasteiger partial charge in [0.15, 0.2) is 5.60 Å². The molecule has 1 aromatic carbocycles. The van der Waals surface area contributed by atoms with E-state index in [1.165, 1.54) is 24.3 Å². The Morgan fingerprint density at radius 3 is 2.48 bits per heavy atom. The van der Waals surface area contributed by atoms with Gasteiger partial charge < -0.3 is 16.2 Å². The molecule has 2 rings (SSSR count). The van der Waals surface area contributed by atoms with E-state index in [0.29, 0.717) is 30.9 Å². The Kier molecular flexibility index (Phi) is 7.29. The zero-order valence-electron chi connectivity index (χ0n) is 15.6. The summed E-state index contributed by atoms with van der Waals surface area (Å²) in [5, 5.41) is 20.5. The molecule has 0 saturated heterocycles. The molecule has 1 aliphatic carbocycles. The van der Waals surface area contributed by atoms with Crippen LogP contribution in [0.5, 0.6) is 0 Å². The summed E-state index contributed by atoms with van der Waals surface area (Å²) in [7, 11) is 0. The molecule has 0 aromatic heterocycles. The highest BCUT2D eigenvalue weighted by Crippen LogP contribution is 2.36. The van der Waals surface area contributed by atoms with Crippen LogP contribution in [0.1, 0.15) is 29.3 Å². The van der Waals surface area contributed by atoms with Crippen LogP contribution in [0.3, 0.4) is 0 Å². The van der Waals surface area contributed by atoms with Gasteiger partial charge in [0.1, 0.15) is 6.04 Å². The maximum Gasteiger partial charge on any atom is 0.269 e. The minimum Gasteiger partial charge on any atom is -0.381 e. The van der Waals surface area contributed by atoms with Crippen molar-refractivity contribution in [3.63, 3.8) is 0 Å². The molecular weight excluding hydrogens is 384 g/mol. The number of carbonyl (C=O) groups is 2. The van der Waals surface area contributed by atoms with E-state index in [0.717, 1.165) is 11.9 Å². The minimum absolute atomic E-state index is 0.0474. The smallest absolute Gasteiger partial charge is 0.269 e. The van der Waals surface area contributed by atoms with E-state index in [4.69, 9.17) is 10.9 Å². The number of carbonyl (C=O) groups excluding carboxylic acids is 2. The molecule has 0 heterocycles. The zero-order valence-corrected chi connectivity index (χ0v) is 15.6. The fourth-order valence-corrected chi connectivity index (χ4v) is 2.50. The van der Waals surface area contributed by atoms with E-state index in [1.54, 1.807) is 0 Å². The molecule has 4 atom stereocenters. The minimum atomic E-state index is -3.35. The summed E-state index contributed by atoms with van der Waals surface area (Å²) in [6.07, 6.45) is -2.36. The van der Waals surface area contributed by atoms with Crippen molar-refractivity contribution in [3.8, 4) is 23.7 Å². The second-order valence-electron chi connectivity index (χ2n) is 6.84. The molecule has 0 radical (unpaired) electrons. The van der Waals surface area contributed by atoms with Gasteiger partial charge in [-0.3, -0.25) is 14.8 Å². The SMILES string of the molecule is C[C@@](O)(C(F)F)[C@H](NC(=O)c1ccc(C#CC#CC2CC2CN)cc1)C(=O)NO. The summed E-state index contributed by atoms with van der Waals surface area (Å²) in [6, 6.07) is 3.73. The van der Waals surface area contributed by atoms with E-state index in [9.17, 15) is 23.5 Å². The first-order chi connectivity index (χ1) is 13.7. The predicted octanol–water partition coefficient (Wildman–Crippen LogP) is 0.256. The van der Waals surface area contributed by atoms with Gasteiger partial charge >= 0.3 is 0 Å². The average Bonchev–Trinajstić information content (AvgIpc) is 3.47. The van der Waals surface area contributed by atoms with Gasteiger partial charge in [-0.05, 0) is 61.9 Å². The first kappa shape index (κ1) is 22.3. The van der Waals surface area contributed by atoms with Crippen molar-refractivity contribution in [3.05, 3.63) is 35.4 Å². The monoisotopic (exact) mass is 405 g/mol. The second kappa shape index (κ2) is 9.48. The summed E-state index contributed by atoms with van der Waals surface area (Å²) < 4.78 is 26.0. The molecule has 0 bridgehead atoms. The Balaban J connectivity index is 2.05. The van der Waals surface area contributed by atoms with E-state index < -0.39 is 29.9 Å². The predicted molar refractivity (Wildman–Crippen MR) is 99.6 cm³/mol. The lowest BCUT2D eigenvalue weighted by atomic mass is 9.95. The maximum absolute atomic E-state index is 13.0. The average molecular weight is 405 g/mol. The van der Waals surface area contributed by atoms with E-state index in [1.807, 2.05) is 5.32 Å². The molecule has 1 aliphatic rings. The van der Waals surface area contributed by atoms with Crippen LogP contribution < -0.4 is 16.5 Å². The number of hydroxylamine groups is 1. The van der Waals surface area contributed by atoms with Crippen molar-refractivity contribution in [2.24, 2.45) is 17.6 Å². The fourth-order valence-electron chi connectivity index (χ4n) is 2.50. The number of alkyl halides is 2. The van der Waals surface area contributed by atoms with Crippen LogP contribution >= 0.6 is 0 Å². The number of hydrogen-bond acceptors (Lipinski definition) is 5. The van der Waals surface area contributed by atoms with E-state index >= 15 is 0 Å². The quantitative estimate of drug-likeness (QED) is 0.264. The summed E-state index contributed by atoms with van der Waals surface area (Å²) >= 11 is 0. The number of amides is 2. The van der Waals surface area contributed by atoms with Gasteiger partial charge in [-0.25, -0.2) is 14.3 Å². The Labute approximate surface area is 166 Å². The van der Waals surface area contributed by atoms with Gasteiger partial charge in [-0.2, -0.15) is 0 Å². The van der Waals surface area contributed by atoms with Crippen molar-refractivity contribution in [1.82, 2.24) is 10.8 Å². The van der Waals surface area contributed by atoms with E-state index in [2.05, 4.69) is 23.7 Å². The number of rotatable bonds is 6. The first-order valence-electron chi connectivity index (χ1n) is 8.77. The lowest BCUT2D eigenvalue weighted by molar-refractivity contribution is -0.149. The number of benzene rings is 1. The molecular formula is C20H21F2N3O4. The van der Waals surface area contributed by atoms with Crippen molar-refractivity contribution in [2.45, 2.75) is 31.4 Å². The molecule has 6 N–H and O–H groups in total. The van der Waals surface area contributed by atoms with Gasteiger partial charge in [0.05, 0.1) is 0 Å². The highest BCUT2D eigenvalue weighted by molar-refractivity contribution is 5.97. The highest BCUT2D eigenvalue weighted by Gasteiger charge is 2.46. The maximum atomic E-state index is 13.0. The standard InChI is InChI=1S/C20H21F2N3O4/c1-20(28,19(21)22)16(18(27)25-29)24-17(26)13-8-6-12(7-9-13)4-2-3-5-14-10-15(14)11-23/h6-9,14-16,19,28-29H,10-11,23H2,1H3,(H,24,26)(H,25,27)/t14?,15?,16-,20+/m1/s1. The molecule has 0 spiro atoms. The molecule has 9 heteroatoms. The van der Waals surface area contributed by atoms with Crippen LogP contribution in [0.15, 0.2) is 24.3 Å². The third kappa shape index (κ3) is 5.75. The van der Waals surface area contributed by atoms with Gasteiger partial charge in [-0.15, -0.1) is 0 Å². The van der Waals surface area contributed by atoms with Crippen LogP contribution in [-0.2, 0) is 4.79 Å². The molecule has 7 nitrogen and oxygen atoms in total. The second-order valence-corrected chi connectivity index (χ2v) is 6.84. The zero-order chi connectivity index (χ0) is 21.6. The summed E-state index contributed by atoms with van der Waals surface area (Å²) in [6.45, 7) is 1.29.